The lowest BCUT2D eigenvalue weighted by atomic mass is 10.0. The molecule has 0 bridgehead atoms. The molecule has 2 aromatic rings. The van der Waals surface area contributed by atoms with E-state index < -0.39 is 0 Å². The number of nitrogens with zero attached hydrogens (tertiary/aromatic N) is 1. The van der Waals surface area contributed by atoms with E-state index in [1.165, 1.54) is 12.8 Å². The third kappa shape index (κ3) is 3.87. The Morgan fingerprint density at radius 2 is 1.96 bits per heavy atom. The Balaban J connectivity index is 1.85. The van der Waals surface area contributed by atoms with Crippen molar-refractivity contribution in [3.63, 3.8) is 0 Å². The molecule has 3 N–H and O–H groups in total. The summed E-state index contributed by atoms with van der Waals surface area (Å²) in [5.74, 6) is 0.572. The number of nitrogen functional groups attached to an aromatic ring is 1. The van der Waals surface area contributed by atoms with Crippen LogP contribution in [0.15, 0.2) is 42.5 Å². The highest BCUT2D eigenvalue weighted by Crippen LogP contribution is 2.33. The molecule has 1 aliphatic rings. The van der Waals surface area contributed by atoms with Crippen molar-refractivity contribution in [1.29, 1.82) is 0 Å². The molecule has 0 spiro atoms. The van der Waals surface area contributed by atoms with Crippen LogP contribution in [0, 0.1) is 0 Å². The number of hydrogen-bond acceptors (Lipinski definition) is 4. The van der Waals surface area contributed by atoms with Crippen molar-refractivity contribution < 1.29 is 9.53 Å². The zero-order valence-electron chi connectivity index (χ0n) is 14.8. The number of rotatable bonds is 4. The van der Waals surface area contributed by atoms with Gasteiger partial charge in [-0.2, -0.15) is 0 Å². The maximum Gasteiger partial charge on any atom is 0.255 e. The molecule has 132 valence electrons. The number of methoxy groups -OCH3 is 1. The zero-order chi connectivity index (χ0) is 17.8. The van der Waals surface area contributed by atoms with Crippen molar-refractivity contribution in [3.05, 3.63) is 48.0 Å². The van der Waals surface area contributed by atoms with Gasteiger partial charge in [0, 0.05) is 23.8 Å². The second-order valence-corrected chi connectivity index (χ2v) is 6.50. The van der Waals surface area contributed by atoms with Gasteiger partial charge in [-0.1, -0.05) is 0 Å². The van der Waals surface area contributed by atoms with Crippen LogP contribution in [0.5, 0.6) is 5.75 Å². The summed E-state index contributed by atoms with van der Waals surface area (Å²) in [5, 5.41) is 3.02. The highest BCUT2D eigenvalue weighted by atomic mass is 16.5. The van der Waals surface area contributed by atoms with Gasteiger partial charge in [0.1, 0.15) is 5.75 Å². The number of carbonyl (C=O) groups is 1. The molecular weight excluding hydrogens is 314 g/mol. The number of nitrogens with two attached hydrogens (primary N) is 1. The van der Waals surface area contributed by atoms with E-state index in [2.05, 4.69) is 17.1 Å². The number of hydrogen-bond donors (Lipinski definition) is 2. The van der Waals surface area contributed by atoms with Crippen LogP contribution in [0.1, 0.15) is 36.5 Å². The summed E-state index contributed by atoms with van der Waals surface area (Å²) in [7, 11) is 1.61. The van der Waals surface area contributed by atoms with Crippen LogP contribution in [0.4, 0.5) is 17.1 Å². The minimum Gasteiger partial charge on any atom is -0.497 e. The molecule has 0 radical (unpaired) electrons. The van der Waals surface area contributed by atoms with Crippen molar-refractivity contribution in [2.24, 2.45) is 0 Å². The molecule has 0 unspecified atom stereocenters. The van der Waals surface area contributed by atoms with Gasteiger partial charge in [0.2, 0.25) is 0 Å². The molecule has 1 atom stereocenters. The van der Waals surface area contributed by atoms with Crippen LogP contribution >= 0.6 is 0 Å². The van der Waals surface area contributed by atoms with E-state index in [1.54, 1.807) is 31.4 Å². The second-order valence-electron chi connectivity index (χ2n) is 6.50. The molecule has 25 heavy (non-hydrogen) atoms. The van der Waals surface area contributed by atoms with E-state index in [0.29, 0.717) is 17.3 Å². The lowest BCUT2D eigenvalue weighted by Crippen LogP contribution is -2.38. The number of piperidine rings is 1. The maximum atomic E-state index is 12.6. The van der Waals surface area contributed by atoms with E-state index in [4.69, 9.17) is 10.5 Å². The van der Waals surface area contributed by atoms with Crippen molar-refractivity contribution in [3.8, 4) is 5.75 Å². The first-order chi connectivity index (χ1) is 12.1. The SMILES string of the molecule is COc1ccc(C(=O)Nc2cc(N)ccc2N2CCCC[C@@H]2C)cc1. The van der Waals surface area contributed by atoms with Gasteiger partial charge in [0.25, 0.3) is 5.91 Å². The van der Waals surface area contributed by atoms with E-state index >= 15 is 0 Å². The fourth-order valence-corrected chi connectivity index (χ4v) is 3.30. The van der Waals surface area contributed by atoms with Crippen LogP contribution in [-0.2, 0) is 0 Å². The summed E-state index contributed by atoms with van der Waals surface area (Å²) in [6.45, 7) is 3.22. The molecular formula is C20H25N3O2. The van der Waals surface area contributed by atoms with Crippen LogP contribution in [0.3, 0.4) is 0 Å². The minimum atomic E-state index is -0.154. The fraction of sp³-hybridized carbons (Fsp3) is 0.350. The van der Waals surface area contributed by atoms with Gasteiger partial charge >= 0.3 is 0 Å². The molecule has 0 saturated carbocycles. The molecule has 2 aromatic carbocycles. The van der Waals surface area contributed by atoms with Crippen LogP contribution < -0.4 is 20.7 Å². The fourth-order valence-electron chi connectivity index (χ4n) is 3.30. The number of ether oxygens (including phenoxy) is 1. The third-order valence-corrected chi connectivity index (χ3v) is 4.73. The third-order valence-electron chi connectivity index (χ3n) is 4.73. The standard InChI is InChI=1S/C20H25N3O2/c1-14-5-3-4-12-23(14)19-11-8-16(21)13-18(19)22-20(24)15-6-9-17(25-2)10-7-15/h6-11,13-14H,3-5,12,21H2,1-2H3,(H,22,24)/t14-/m0/s1. The van der Waals surface area contributed by atoms with Gasteiger partial charge in [-0.25, -0.2) is 0 Å². The van der Waals surface area contributed by atoms with Crippen LogP contribution in [0.25, 0.3) is 0 Å². The average molecular weight is 339 g/mol. The number of benzene rings is 2. The van der Waals surface area contributed by atoms with E-state index in [-0.39, 0.29) is 5.91 Å². The van der Waals surface area contributed by atoms with E-state index in [0.717, 1.165) is 30.1 Å². The monoisotopic (exact) mass is 339 g/mol. The molecule has 0 aromatic heterocycles. The van der Waals surface area contributed by atoms with E-state index in [9.17, 15) is 4.79 Å². The summed E-state index contributed by atoms with van der Waals surface area (Å²) in [4.78, 5) is 15.0. The summed E-state index contributed by atoms with van der Waals surface area (Å²) >= 11 is 0. The van der Waals surface area contributed by atoms with Crippen molar-refractivity contribution in [1.82, 2.24) is 0 Å². The van der Waals surface area contributed by atoms with Gasteiger partial charge in [-0.15, -0.1) is 0 Å². The van der Waals surface area contributed by atoms with Crippen molar-refractivity contribution in [2.45, 2.75) is 32.2 Å². The minimum absolute atomic E-state index is 0.154. The van der Waals surface area contributed by atoms with Crippen LogP contribution in [0.2, 0.25) is 0 Å². The van der Waals surface area contributed by atoms with Crippen molar-refractivity contribution >= 4 is 23.0 Å². The molecule has 1 saturated heterocycles. The molecule has 5 nitrogen and oxygen atoms in total. The Hall–Kier alpha value is -2.69. The number of anilines is 3. The quantitative estimate of drug-likeness (QED) is 0.829. The zero-order valence-corrected chi connectivity index (χ0v) is 14.8. The normalized spacial score (nSPS) is 17.2. The van der Waals surface area contributed by atoms with E-state index in [1.807, 2.05) is 18.2 Å². The smallest absolute Gasteiger partial charge is 0.255 e. The number of nitrogens with one attached hydrogen (secondary N) is 1. The topological polar surface area (TPSA) is 67.6 Å². The highest BCUT2D eigenvalue weighted by molar-refractivity contribution is 6.06. The predicted octanol–water partition coefficient (Wildman–Crippen LogP) is 3.91. The van der Waals surface area contributed by atoms with Gasteiger partial charge < -0.3 is 20.7 Å². The lowest BCUT2D eigenvalue weighted by Gasteiger charge is -2.36. The Morgan fingerprint density at radius 1 is 1.20 bits per heavy atom. The summed E-state index contributed by atoms with van der Waals surface area (Å²) in [6, 6.07) is 13.2. The Kier molecular flexibility index (Phi) is 5.12. The lowest BCUT2D eigenvalue weighted by molar-refractivity contribution is 0.102. The Labute approximate surface area is 148 Å². The Morgan fingerprint density at radius 3 is 2.64 bits per heavy atom. The predicted molar refractivity (Wildman–Crippen MR) is 102 cm³/mol. The maximum absolute atomic E-state index is 12.6. The average Bonchev–Trinajstić information content (AvgIpc) is 2.63. The molecule has 1 aliphatic heterocycles. The molecule has 5 heteroatoms. The summed E-state index contributed by atoms with van der Waals surface area (Å²) in [6.07, 6.45) is 3.58. The Bertz CT molecular complexity index is 743. The first-order valence-electron chi connectivity index (χ1n) is 8.70. The largest absolute Gasteiger partial charge is 0.497 e. The van der Waals surface area contributed by atoms with Gasteiger partial charge in [-0.3, -0.25) is 4.79 Å². The summed E-state index contributed by atoms with van der Waals surface area (Å²) in [5.41, 5.74) is 8.97. The number of amides is 1. The number of carbonyl (C=O) groups excluding carboxylic acids is 1. The molecule has 1 heterocycles. The first kappa shape index (κ1) is 17.1. The second kappa shape index (κ2) is 7.47. The van der Waals surface area contributed by atoms with Gasteiger partial charge in [-0.05, 0) is 68.7 Å². The summed E-state index contributed by atoms with van der Waals surface area (Å²) < 4.78 is 5.14. The van der Waals surface area contributed by atoms with Gasteiger partial charge in [0.15, 0.2) is 0 Å². The first-order valence-corrected chi connectivity index (χ1v) is 8.70. The molecule has 3 rings (SSSR count). The van der Waals surface area contributed by atoms with Crippen LogP contribution in [-0.4, -0.2) is 25.6 Å². The highest BCUT2D eigenvalue weighted by Gasteiger charge is 2.22. The molecule has 1 amide bonds. The van der Waals surface area contributed by atoms with Gasteiger partial charge in [0.05, 0.1) is 18.5 Å². The molecule has 1 fully saturated rings. The van der Waals surface area contributed by atoms with Crippen molar-refractivity contribution in [2.75, 3.05) is 29.6 Å². The molecule has 0 aliphatic carbocycles.